The SMILES string of the molecule is Nc1c(NNC(=O)C(c2ccccc2)c2ccccc2)ncnc1Nc1ccc(Cl)cc1. The van der Waals surface area contributed by atoms with Crippen molar-refractivity contribution in [1.29, 1.82) is 0 Å². The lowest BCUT2D eigenvalue weighted by molar-refractivity contribution is -0.121. The molecule has 0 fully saturated rings. The monoisotopic (exact) mass is 444 g/mol. The highest BCUT2D eigenvalue weighted by Crippen LogP contribution is 2.27. The first-order valence-electron chi connectivity index (χ1n) is 9.90. The van der Waals surface area contributed by atoms with Gasteiger partial charge in [-0.1, -0.05) is 72.3 Å². The second-order valence-electron chi connectivity index (χ2n) is 6.99. The summed E-state index contributed by atoms with van der Waals surface area (Å²) >= 11 is 5.93. The van der Waals surface area contributed by atoms with Crippen LogP contribution in [0.3, 0.4) is 0 Å². The van der Waals surface area contributed by atoms with Gasteiger partial charge < -0.3 is 11.1 Å². The molecule has 0 radical (unpaired) electrons. The average molecular weight is 445 g/mol. The fourth-order valence-electron chi connectivity index (χ4n) is 3.24. The Morgan fingerprint density at radius 1 is 0.812 bits per heavy atom. The third-order valence-electron chi connectivity index (χ3n) is 4.82. The first-order valence-corrected chi connectivity index (χ1v) is 10.3. The fraction of sp³-hybridized carbons (Fsp3) is 0.0417. The van der Waals surface area contributed by atoms with Crippen LogP contribution in [0.5, 0.6) is 0 Å². The number of hydrogen-bond donors (Lipinski definition) is 4. The van der Waals surface area contributed by atoms with Crippen molar-refractivity contribution in [3.8, 4) is 0 Å². The number of nitrogens with two attached hydrogens (primary N) is 1. The van der Waals surface area contributed by atoms with Crippen LogP contribution >= 0.6 is 11.6 Å². The summed E-state index contributed by atoms with van der Waals surface area (Å²) in [6.45, 7) is 0. The Bertz CT molecular complexity index is 1150. The Balaban J connectivity index is 1.52. The van der Waals surface area contributed by atoms with Crippen molar-refractivity contribution in [1.82, 2.24) is 15.4 Å². The third-order valence-corrected chi connectivity index (χ3v) is 5.07. The van der Waals surface area contributed by atoms with E-state index >= 15 is 0 Å². The second-order valence-corrected chi connectivity index (χ2v) is 7.42. The molecule has 160 valence electrons. The summed E-state index contributed by atoms with van der Waals surface area (Å²) in [6, 6.07) is 26.3. The molecule has 0 atom stereocenters. The van der Waals surface area contributed by atoms with Crippen molar-refractivity contribution >= 4 is 40.5 Å². The second kappa shape index (κ2) is 9.80. The summed E-state index contributed by atoms with van der Waals surface area (Å²) in [5.74, 6) is -0.0568. The quantitative estimate of drug-likeness (QED) is 0.307. The smallest absolute Gasteiger partial charge is 0.250 e. The number of anilines is 4. The number of nitrogens with zero attached hydrogens (tertiary/aromatic N) is 2. The maximum atomic E-state index is 13.2. The van der Waals surface area contributed by atoms with Crippen LogP contribution in [0.25, 0.3) is 0 Å². The normalized spacial score (nSPS) is 10.6. The number of carbonyl (C=O) groups is 1. The van der Waals surface area contributed by atoms with Crippen LogP contribution in [0.2, 0.25) is 5.02 Å². The number of hydrogen-bond acceptors (Lipinski definition) is 6. The van der Waals surface area contributed by atoms with Gasteiger partial charge in [-0.15, -0.1) is 0 Å². The summed E-state index contributed by atoms with van der Waals surface area (Å²) in [6.07, 6.45) is 1.36. The number of halogens is 1. The Kier molecular flexibility index (Phi) is 6.48. The van der Waals surface area contributed by atoms with Gasteiger partial charge in [0, 0.05) is 10.7 Å². The molecule has 0 aliphatic heterocycles. The minimum absolute atomic E-state index is 0.243. The van der Waals surface area contributed by atoms with Crippen LogP contribution in [-0.2, 0) is 4.79 Å². The number of amides is 1. The molecular formula is C24H21ClN6O. The van der Waals surface area contributed by atoms with Gasteiger partial charge in [0.1, 0.15) is 12.0 Å². The Hall–Kier alpha value is -4.10. The van der Waals surface area contributed by atoms with Crippen LogP contribution in [0.15, 0.2) is 91.3 Å². The molecule has 1 aromatic heterocycles. The Morgan fingerprint density at radius 2 is 1.38 bits per heavy atom. The molecule has 4 rings (SSSR count). The minimum atomic E-state index is -0.500. The lowest BCUT2D eigenvalue weighted by atomic mass is 9.91. The maximum absolute atomic E-state index is 13.2. The molecule has 0 aliphatic carbocycles. The van der Waals surface area contributed by atoms with E-state index < -0.39 is 5.92 Å². The molecule has 0 aliphatic rings. The first kappa shape index (κ1) is 21.1. The number of aromatic nitrogens is 2. The van der Waals surface area contributed by atoms with E-state index in [2.05, 4.69) is 26.1 Å². The van der Waals surface area contributed by atoms with E-state index in [4.69, 9.17) is 17.3 Å². The molecule has 5 N–H and O–H groups in total. The molecule has 0 spiro atoms. The highest BCUT2D eigenvalue weighted by Gasteiger charge is 2.23. The fourth-order valence-corrected chi connectivity index (χ4v) is 3.37. The third kappa shape index (κ3) is 4.96. The topological polar surface area (TPSA) is 105 Å². The van der Waals surface area contributed by atoms with Gasteiger partial charge in [0.2, 0.25) is 5.91 Å². The summed E-state index contributed by atoms with van der Waals surface area (Å²) in [7, 11) is 0. The molecule has 0 saturated carbocycles. The van der Waals surface area contributed by atoms with Gasteiger partial charge in [-0.25, -0.2) is 9.97 Å². The van der Waals surface area contributed by atoms with Crippen LogP contribution in [0.4, 0.5) is 23.0 Å². The van der Waals surface area contributed by atoms with Gasteiger partial charge in [-0.3, -0.25) is 15.6 Å². The zero-order chi connectivity index (χ0) is 22.3. The van der Waals surface area contributed by atoms with Crippen molar-refractivity contribution in [3.63, 3.8) is 0 Å². The van der Waals surface area contributed by atoms with E-state index in [0.29, 0.717) is 10.8 Å². The molecule has 3 aromatic carbocycles. The van der Waals surface area contributed by atoms with E-state index in [-0.39, 0.29) is 17.4 Å². The first-order chi connectivity index (χ1) is 15.6. The van der Waals surface area contributed by atoms with Crippen LogP contribution in [-0.4, -0.2) is 15.9 Å². The van der Waals surface area contributed by atoms with Gasteiger partial charge in [0.25, 0.3) is 0 Å². The van der Waals surface area contributed by atoms with E-state index in [1.54, 1.807) is 12.1 Å². The van der Waals surface area contributed by atoms with Gasteiger partial charge in [-0.05, 0) is 35.4 Å². The maximum Gasteiger partial charge on any atom is 0.250 e. The Labute approximate surface area is 190 Å². The molecule has 0 unspecified atom stereocenters. The van der Waals surface area contributed by atoms with Gasteiger partial charge in [0.15, 0.2) is 11.6 Å². The number of benzene rings is 3. The van der Waals surface area contributed by atoms with Crippen molar-refractivity contribution in [2.24, 2.45) is 0 Å². The predicted molar refractivity (Wildman–Crippen MR) is 128 cm³/mol. The number of carbonyl (C=O) groups excluding carboxylic acids is 1. The van der Waals surface area contributed by atoms with Crippen molar-refractivity contribution in [2.75, 3.05) is 16.5 Å². The van der Waals surface area contributed by atoms with Crippen molar-refractivity contribution in [2.45, 2.75) is 5.92 Å². The molecule has 0 saturated heterocycles. The van der Waals surface area contributed by atoms with Crippen LogP contribution < -0.4 is 21.9 Å². The molecular weight excluding hydrogens is 424 g/mol. The molecule has 8 heteroatoms. The van der Waals surface area contributed by atoms with E-state index in [1.807, 2.05) is 72.8 Å². The summed E-state index contributed by atoms with van der Waals surface area (Å²) < 4.78 is 0. The average Bonchev–Trinajstić information content (AvgIpc) is 2.82. The molecule has 0 bridgehead atoms. The van der Waals surface area contributed by atoms with Crippen molar-refractivity contribution < 1.29 is 4.79 Å². The van der Waals surface area contributed by atoms with Gasteiger partial charge >= 0.3 is 0 Å². The van der Waals surface area contributed by atoms with E-state index in [0.717, 1.165) is 16.8 Å². The largest absolute Gasteiger partial charge is 0.393 e. The molecule has 4 aromatic rings. The molecule has 7 nitrogen and oxygen atoms in total. The van der Waals surface area contributed by atoms with Crippen LogP contribution in [0.1, 0.15) is 17.0 Å². The highest BCUT2D eigenvalue weighted by molar-refractivity contribution is 6.30. The number of nitrogen functional groups attached to an aromatic ring is 1. The zero-order valence-corrected chi connectivity index (χ0v) is 17.8. The van der Waals surface area contributed by atoms with Crippen molar-refractivity contribution in [3.05, 3.63) is 107 Å². The molecule has 32 heavy (non-hydrogen) atoms. The summed E-state index contributed by atoms with van der Waals surface area (Å²) in [4.78, 5) is 21.5. The van der Waals surface area contributed by atoms with Crippen LogP contribution in [0, 0.1) is 0 Å². The van der Waals surface area contributed by atoms with Gasteiger partial charge in [-0.2, -0.15) is 0 Å². The summed E-state index contributed by atoms with van der Waals surface area (Å²) in [5.41, 5.74) is 14.6. The zero-order valence-electron chi connectivity index (χ0n) is 17.0. The highest BCUT2D eigenvalue weighted by atomic mass is 35.5. The summed E-state index contributed by atoms with van der Waals surface area (Å²) in [5, 5.41) is 3.74. The van der Waals surface area contributed by atoms with E-state index in [9.17, 15) is 4.79 Å². The minimum Gasteiger partial charge on any atom is -0.393 e. The molecule has 1 amide bonds. The standard InChI is InChI=1S/C24H21ClN6O/c25-18-11-13-19(14-12-18)29-22-21(26)23(28-15-27-22)30-31-24(32)20(16-7-3-1-4-8-16)17-9-5-2-6-10-17/h1-15,20H,26H2,(H,31,32)(H2,27,28,29,30). The number of hydrazine groups is 1. The van der Waals surface area contributed by atoms with Gasteiger partial charge in [0.05, 0.1) is 5.92 Å². The number of nitrogens with one attached hydrogen (secondary N) is 3. The Morgan fingerprint density at radius 3 is 1.97 bits per heavy atom. The molecule has 1 heterocycles. The lowest BCUT2D eigenvalue weighted by Crippen LogP contribution is -2.35. The predicted octanol–water partition coefficient (Wildman–Crippen LogP) is 4.73. The number of rotatable bonds is 7. The van der Waals surface area contributed by atoms with E-state index in [1.165, 1.54) is 6.33 Å². The lowest BCUT2D eigenvalue weighted by Gasteiger charge is -2.19.